The molecule has 0 aliphatic carbocycles. The van der Waals surface area contributed by atoms with Crippen molar-refractivity contribution in [1.29, 1.82) is 0 Å². The Morgan fingerprint density at radius 2 is 2.18 bits per heavy atom. The van der Waals surface area contributed by atoms with E-state index in [1.54, 1.807) is 19.0 Å². The number of benzene rings is 1. The van der Waals surface area contributed by atoms with E-state index in [0.29, 0.717) is 13.0 Å². The number of fused-ring (bicyclic) bond motifs is 3. The lowest BCUT2D eigenvalue weighted by molar-refractivity contribution is -0.138. The Morgan fingerprint density at radius 1 is 1.45 bits per heavy atom. The van der Waals surface area contributed by atoms with E-state index in [1.807, 2.05) is 26.1 Å². The van der Waals surface area contributed by atoms with E-state index in [2.05, 4.69) is 10.6 Å². The first kappa shape index (κ1) is 15.4. The van der Waals surface area contributed by atoms with Crippen molar-refractivity contribution in [1.82, 2.24) is 9.47 Å². The minimum Gasteiger partial charge on any atom is -0.368 e. The fourth-order valence-corrected chi connectivity index (χ4v) is 3.76. The van der Waals surface area contributed by atoms with Crippen molar-refractivity contribution in [3.05, 3.63) is 34.5 Å². The molecular weight excluding hydrogens is 300 g/mol. The summed E-state index contributed by atoms with van der Waals surface area (Å²) in [7, 11) is 5.56. The number of carbonyl (C=O) groups excluding carboxylic acids is 1. The lowest BCUT2D eigenvalue weighted by Gasteiger charge is -2.35. The highest BCUT2D eigenvalue weighted by molar-refractivity contribution is 6.35. The third-order valence-electron chi connectivity index (χ3n) is 4.54. The van der Waals surface area contributed by atoms with Gasteiger partial charge in [-0.25, -0.2) is 0 Å². The molecule has 0 fully saturated rings. The third kappa shape index (κ3) is 2.22. The monoisotopic (exact) mass is 320 g/mol. The fraction of sp³-hybridized carbons (Fsp3) is 0.471. The first-order chi connectivity index (χ1) is 10.3. The van der Waals surface area contributed by atoms with E-state index >= 15 is 0 Å². The molecule has 2 heterocycles. The zero-order valence-electron chi connectivity index (χ0n) is 13.4. The van der Waals surface area contributed by atoms with Crippen LogP contribution in [0.25, 0.3) is 10.9 Å². The van der Waals surface area contributed by atoms with Crippen LogP contribution in [0, 0.1) is 0 Å². The number of carbonyl (C=O) groups is 1. The molecule has 0 bridgehead atoms. The number of nitrogens with zero attached hydrogens (tertiary/aromatic N) is 2. The Labute approximate surface area is 135 Å². The second-order valence-electron chi connectivity index (χ2n) is 6.31. The lowest BCUT2D eigenvalue weighted by atomic mass is 9.89. The zero-order chi connectivity index (χ0) is 16.1. The summed E-state index contributed by atoms with van der Waals surface area (Å²) in [5.41, 5.74) is 2.75. The van der Waals surface area contributed by atoms with Crippen LogP contribution < -0.4 is 0 Å². The van der Waals surface area contributed by atoms with Crippen LogP contribution in [-0.2, 0) is 28.6 Å². The fourth-order valence-electron chi connectivity index (χ4n) is 3.48. The van der Waals surface area contributed by atoms with E-state index in [9.17, 15) is 4.79 Å². The zero-order valence-corrected chi connectivity index (χ0v) is 14.2. The minimum atomic E-state index is -0.619. The predicted molar refractivity (Wildman–Crippen MR) is 88.2 cm³/mol. The number of rotatable bonds is 2. The molecule has 5 heteroatoms. The van der Waals surface area contributed by atoms with Gasteiger partial charge in [-0.15, -0.1) is 0 Å². The molecular formula is C17H21ClN2O2. The van der Waals surface area contributed by atoms with Crippen LogP contribution in [-0.4, -0.2) is 36.1 Å². The van der Waals surface area contributed by atoms with Gasteiger partial charge in [-0.3, -0.25) is 4.79 Å². The molecule has 22 heavy (non-hydrogen) atoms. The molecule has 1 aromatic carbocycles. The molecule has 0 radical (unpaired) electrons. The highest BCUT2D eigenvalue weighted by Gasteiger charge is 2.40. The van der Waals surface area contributed by atoms with E-state index in [-0.39, 0.29) is 5.91 Å². The number of amides is 1. The summed E-state index contributed by atoms with van der Waals surface area (Å²) >= 11 is 6.43. The average Bonchev–Trinajstić information content (AvgIpc) is 2.75. The molecule has 1 amide bonds. The second kappa shape index (κ2) is 5.28. The van der Waals surface area contributed by atoms with Crippen molar-refractivity contribution < 1.29 is 9.53 Å². The van der Waals surface area contributed by atoms with Crippen molar-refractivity contribution in [3.8, 4) is 0 Å². The molecule has 1 aliphatic heterocycles. The number of aromatic nitrogens is 1. The van der Waals surface area contributed by atoms with Gasteiger partial charge >= 0.3 is 0 Å². The van der Waals surface area contributed by atoms with Crippen LogP contribution in [0.4, 0.5) is 0 Å². The van der Waals surface area contributed by atoms with Gasteiger partial charge in [0.15, 0.2) is 0 Å². The highest BCUT2D eigenvalue weighted by atomic mass is 35.5. The van der Waals surface area contributed by atoms with Gasteiger partial charge in [-0.1, -0.05) is 17.7 Å². The number of halogens is 1. The van der Waals surface area contributed by atoms with Gasteiger partial charge in [0.05, 0.1) is 23.7 Å². The number of ether oxygens (including phenoxy) is 1. The molecule has 1 unspecified atom stereocenters. The van der Waals surface area contributed by atoms with E-state index < -0.39 is 5.60 Å². The molecule has 1 aromatic heterocycles. The van der Waals surface area contributed by atoms with Crippen molar-refractivity contribution in [2.45, 2.75) is 25.4 Å². The van der Waals surface area contributed by atoms with Crippen molar-refractivity contribution in [2.75, 3.05) is 20.7 Å². The summed E-state index contributed by atoms with van der Waals surface area (Å²) in [6.45, 7) is 2.60. The van der Waals surface area contributed by atoms with E-state index in [1.165, 1.54) is 5.56 Å². The van der Waals surface area contributed by atoms with Gasteiger partial charge in [0.1, 0.15) is 5.60 Å². The third-order valence-corrected chi connectivity index (χ3v) is 4.85. The predicted octanol–water partition coefficient (Wildman–Crippen LogP) is 3.10. The molecule has 2 aromatic rings. The molecule has 1 aliphatic rings. The van der Waals surface area contributed by atoms with Crippen molar-refractivity contribution >= 4 is 28.4 Å². The van der Waals surface area contributed by atoms with Gasteiger partial charge in [0.25, 0.3) is 0 Å². The standard InChI is InChI=1S/C17H21ClN2O2/c1-17(10-14(21)19(2)3)16-11(8-9-22-17)15-12(18)6-5-7-13(15)20(16)4/h5-7H,8-10H2,1-4H3. The second-order valence-corrected chi connectivity index (χ2v) is 6.72. The normalized spacial score (nSPS) is 21.0. The molecule has 1 atom stereocenters. The van der Waals surface area contributed by atoms with Crippen LogP contribution in [0.2, 0.25) is 5.02 Å². The minimum absolute atomic E-state index is 0.0618. The molecule has 118 valence electrons. The number of hydrogen-bond acceptors (Lipinski definition) is 2. The maximum Gasteiger partial charge on any atom is 0.225 e. The van der Waals surface area contributed by atoms with E-state index in [4.69, 9.17) is 16.3 Å². The lowest BCUT2D eigenvalue weighted by Crippen LogP contribution is -2.39. The van der Waals surface area contributed by atoms with Gasteiger partial charge in [0, 0.05) is 32.0 Å². The van der Waals surface area contributed by atoms with Crippen molar-refractivity contribution in [3.63, 3.8) is 0 Å². The first-order valence-corrected chi connectivity index (χ1v) is 7.83. The Kier molecular flexibility index (Phi) is 3.69. The van der Waals surface area contributed by atoms with Crippen LogP contribution >= 0.6 is 11.6 Å². The van der Waals surface area contributed by atoms with Crippen LogP contribution in [0.15, 0.2) is 18.2 Å². The quantitative estimate of drug-likeness (QED) is 0.852. The van der Waals surface area contributed by atoms with Gasteiger partial charge in [0.2, 0.25) is 5.91 Å². The SMILES string of the molecule is CN(C)C(=O)CC1(C)OCCc2c1n(C)c1cccc(Cl)c21. The Morgan fingerprint density at radius 3 is 2.86 bits per heavy atom. The van der Waals surface area contributed by atoms with Gasteiger partial charge < -0.3 is 14.2 Å². The maximum atomic E-state index is 12.2. The number of hydrogen-bond donors (Lipinski definition) is 0. The summed E-state index contributed by atoms with van der Waals surface area (Å²) in [5.74, 6) is 0.0618. The van der Waals surface area contributed by atoms with Gasteiger partial charge in [-0.2, -0.15) is 0 Å². The van der Waals surface area contributed by atoms with Crippen LogP contribution in [0.5, 0.6) is 0 Å². The largest absolute Gasteiger partial charge is 0.368 e. The summed E-state index contributed by atoms with van der Waals surface area (Å²) in [6, 6.07) is 5.94. The molecule has 0 saturated heterocycles. The summed E-state index contributed by atoms with van der Waals surface area (Å²) in [5, 5.41) is 1.85. The topological polar surface area (TPSA) is 34.5 Å². The first-order valence-electron chi connectivity index (χ1n) is 7.45. The number of aryl methyl sites for hydroxylation is 1. The smallest absolute Gasteiger partial charge is 0.225 e. The molecule has 0 saturated carbocycles. The molecule has 4 nitrogen and oxygen atoms in total. The Balaban J connectivity index is 2.20. The molecule has 3 rings (SSSR count). The molecule has 0 N–H and O–H groups in total. The average molecular weight is 321 g/mol. The summed E-state index contributed by atoms with van der Waals surface area (Å²) < 4.78 is 8.18. The van der Waals surface area contributed by atoms with Crippen LogP contribution in [0.3, 0.4) is 0 Å². The van der Waals surface area contributed by atoms with Crippen molar-refractivity contribution in [2.24, 2.45) is 7.05 Å². The highest BCUT2D eigenvalue weighted by Crippen LogP contribution is 2.42. The van der Waals surface area contributed by atoms with E-state index in [0.717, 1.165) is 28.0 Å². The Bertz CT molecular complexity index is 751. The van der Waals surface area contributed by atoms with Crippen LogP contribution in [0.1, 0.15) is 24.6 Å². The maximum absolute atomic E-state index is 12.2. The van der Waals surface area contributed by atoms with Gasteiger partial charge in [-0.05, 0) is 31.0 Å². The Hall–Kier alpha value is -1.52. The summed E-state index contributed by atoms with van der Waals surface area (Å²) in [4.78, 5) is 13.8. The summed E-state index contributed by atoms with van der Waals surface area (Å²) in [6.07, 6.45) is 1.15. The molecule has 0 spiro atoms.